The zero-order valence-electron chi connectivity index (χ0n) is 20.4. The van der Waals surface area contributed by atoms with Crippen LogP contribution < -0.4 is 0 Å². The van der Waals surface area contributed by atoms with Gasteiger partial charge in [-0.3, -0.25) is 4.79 Å². The number of carbonyl (C=O) groups excluding carboxylic acids is 1. The maximum atomic E-state index is 13.5. The third kappa shape index (κ3) is 6.12. The smallest absolute Gasteiger partial charge is 0.254 e. The lowest BCUT2D eigenvalue weighted by molar-refractivity contribution is 0.0736. The Balaban J connectivity index is 1.80. The molecule has 3 aromatic rings. The number of unbranched alkanes of at least 4 members (excludes halogenated alkanes) is 2. The number of amides is 1. The Hall–Kier alpha value is -2.81. The summed E-state index contributed by atoms with van der Waals surface area (Å²) in [5.74, 6) is 0.116. The second-order valence-electron chi connectivity index (χ2n) is 9.82. The molecule has 1 aromatic heterocycles. The minimum Gasteiger partial charge on any atom is -0.345 e. The van der Waals surface area contributed by atoms with E-state index < -0.39 is 0 Å². The quantitative estimate of drug-likeness (QED) is 0.336. The minimum atomic E-state index is 0.0821. The lowest BCUT2D eigenvalue weighted by atomic mass is 9.86. The molecule has 0 aliphatic carbocycles. The van der Waals surface area contributed by atoms with Gasteiger partial charge in [0.1, 0.15) is 0 Å². The first kappa shape index (κ1) is 23.8. The van der Waals surface area contributed by atoms with Gasteiger partial charge < -0.3 is 9.47 Å². The number of hydrogen-bond donors (Lipinski definition) is 0. The molecule has 3 nitrogen and oxygen atoms in total. The van der Waals surface area contributed by atoms with Crippen molar-refractivity contribution in [3.63, 3.8) is 0 Å². The van der Waals surface area contributed by atoms with E-state index in [1.165, 1.54) is 22.4 Å². The Bertz CT molecular complexity index is 1010. The molecule has 0 radical (unpaired) electrons. The fraction of sp³-hybridized carbons (Fsp3) is 0.414. The first-order chi connectivity index (χ1) is 15.3. The van der Waals surface area contributed by atoms with Gasteiger partial charge in [-0.2, -0.15) is 0 Å². The van der Waals surface area contributed by atoms with Gasteiger partial charge in [-0.25, -0.2) is 0 Å². The van der Waals surface area contributed by atoms with E-state index in [1.54, 1.807) is 0 Å². The highest BCUT2D eigenvalue weighted by Gasteiger charge is 2.19. The highest BCUT2D eigenvalue weighted by molar-refractivity contribution is 5.94. The summed E-state index contributed by atoms with van der Waals surface area (Å²) in [7, 11) is 0. The molecule has 1 amide bonds. The van der Waals surface area contributed by atoms with Crippen LogP contribution in [-0.4, -0.2) is 21.9 Å². The van der Waals surface area contributed by atoms with E-state index in [2.05, 4.69) is 93.9 Å². The number of rotatable bonds is 9. The summed E-state index contributed by atoms with van der Waals surface area (Å²) in [5, 5.41) is 0. The second kappa shape index (κ2) is 10.7. The Morgan fingerprint density at radius 1 is 0.938 bits per heavy atom. The molecular weight excluding hydrogens is 392 g/mol. The summed E-state index contributed by atoms with van der Waals surface area (Å²) >= 11 is 0. The summed E-state index contributed by atoms with van der Waals surface area (Å²) < 4.78 is 2.27. The largest absolute Gasteiger partial charge is 0.345 e. The van der Waals surface area contributed by atoms with Crippen molar-refractivity contribution < 1.29 is 4.79 Å². The molecule has 0 aliphatic rings. The van der Waals surface area contributed by atoms with Crippen LogP contribution in [0.4, 0.5) is 0 Å². The average Bonchev–Trinajstić information content (AvgIpc) is 3.20. The van der Waals surface area contributed by atoms with E-state index in [0.717, 1.165) is 37.9 Å². The molecule has 170 valence electrons. The van der Waals surface area contributed by atoms with Crippen LogP contribution in [0, 0.1) is 6.92 Å². The Kier molecular flexibility index (Phi) is 7.95. The molecule has 0 bridgehead atoms. The molecule has 2 aromatic carbocycles. The average molecular weight is 431 g/mol. The molecule has 0 fully saturated rings. The molecule has 1 heterocycles. The van der Waals surface area contributed by atoms with Crippen molar-refractivity contribution in [2.45, 2.75) is 72.4 Å². The summed E-state index contributed by atoms with van der Waals surface area (Å²) in [6, 6.07) is 20.9. The molecular formula is C29H38N2O. The zero-order chi connectivity index (χ0) is 23.1. The number of hydrogen-bond acceptors (Lipinski definition) is 1. The van der Waals surface area contributed by atoms with E-state index in [4.69, 9.17) is 0 Å². The maximum absolute atomic E-state index is 13.5. The van der Waals surface area contributed by atoms with Gasteiger partial charge in [-0.05, 0) is 59.7 Å². The van der Waals surface area contributed by atoms with Crippen molar-refractivity contribution in [1.82, 2.24) is 9.47 Å². The number of aryl methyl sites for hydroxylation is 1. The Labute approximate surface area is 194 Å². The number of nitrogens with zero attached hydrogens (tertiary/aromatic N) is 2. The predicted octanol–water partition coefficient (Wildman–Crippen LogP) is 6.97. The van der Waals surface area contributed by atoms with Gasteiger partial charge in [-0.1, -0.05) is 76.9 Å². The van der Waals surface area contributed by atoms with Crippen LogP contribution in [0.25, 0.3) is 0 Å². The molecule has 0 saturated carbocycles. The summed E-state index contributed by atoms with van der Waals surface area (Å²) in [6.45, 7) is 13.2. The first-order valence-corrected chi connectivity index (χ1v) is 11.9. The monoisotopic (exact) mass is 430 g/mol. The summed E-state index contributed by atoms with van der Waals surface area (Å²) in [6.07, 6.45) is 5.43. The van der Waals surface area contributed by atoms with Crippen LogP contribution in [0.15, 0.2) is 66.9 Å². The van der Waals surface area contributed by atoms with Crippen molar-refractivity contribution >= 4 is 5.91 Å². The van der Waals surface area contributed by atoms with Crippen LogP contribution in [0.1, 0.15) is 79.7 Å². The molecule has 0 saturated heterocycles. The predicted molar refractivity (Wildman–Crippen MR) is 134 cm³/mol. The van der Waals surface area contributed by atoms with Gasteiger partial charge in [0.25, 0.3) is 5.91 Å². The van der Waals surface area contributed by atoms with Gasteiger partial charge in [-0.15, -0.1) is 0 Å². The molecule has 0 aliphatic heterocycles. The Morgan fingerprint density at radius 2 is 1.66 bits per heavy atom. The highest BCUT2D eigenvalue weighted by Crippen LogP contribution is 2.23. The van der Waals surface area contributed by atoms with E-state index in [1.807, 2.05) is 17.0 Å². The molecule has 3 rings (SSSR count). The van der Waals surface area contributed by atoms with E-state index in [-0.39, 0.29) is 11.3 Å². The first-order valence-electron chi connectivity index (χ1n) is 11.9. The van der Waals surface area contributed by atoms with Crippen molar-refractivity contribution in [3.05, 3.63) is 94.8 Å². The lowest BCUT2D eigenvalue weighted by Gasteiger charge is -2.25. The maximum Gasteiger partial charge on any atom is 0.254 e. The highest BCUT2D eigenvalue weighted by atomic mass is 16.2. The lowest BCUT2D eigenvalue weighted by Crippen LogP contribution is -2.32. The third-order valence-electron chi connectivity index (χ3n) is 6.20. The number of aromatic nitrogens is 1. The minimum absolute atomic E-state index is 0.0821. The van der Waals surface area contributed by atoms with Crippen molar-refractivity contribution in [1.29, 1.82) is 0 Å². The molecule has 3 heteroatoms. The van der Waals surface area contributed by atoms with Crippen LogP contribution in [0.3, 0.4) is 0 Å². The van der Waals surface area contributed by atoms with Crippen molar-refractivity contribution in [2.24, 2.45) is 0 Å². The molecule has 0 N–H and O–H groups in total. The molecule has 0 spiro atoms. The molecule has 0 atom stereocenters. The third-order valence-corrected chi connectivity index (χ3v) is 6.20. The van der Waals surface area contributed by atoms with Gasteiger partial charge in [0.05, 0.1) is 6.54 Å². The van der Waals surface area contributed by atoms with Gasteiger partial charge >= 0.3 is 0 Å². The zero-order valence-corrected chi connectivity index (χ0v) is 20.4. The normalized spacial score (nSPS) is 11.5. The number of benzene rings is 2. The van der Waals surface area contributed by atoms with E-state index in [9.17, 15) is 4.79 Å². The van der Waals surface area contributed by atoms with Gasteiger partial charge in [0, 0.05) is 30.5 Å². The molecule has 0 unspecified atom stereocenters. The topological polar surface area (TPSA) is 25.2 Å². The standard InChI is InChI=1S/C29H38N2O/c1-6-7-10-19-31(28(32)24-15-17-26(18-16-24)29(3,4)5)22-27-14-11-20-30(27)21-25-13-9-8-12-23(25)2/h8-9,11-18,20H,6-7,10,19,21-22H2,1-5H3. The van der Waals surface area contributed by atoms with Crippen LogP contribution in [0.5, 0.6) is 0 Å². The van der Waals surface area contributed by atoms with Gasteiger partial charge in [0.15, 0.2) is 0 Å². The fourth-order valence-electron chi connectivity index (χ4n) is 4.01. The van der Waals surface area contributed by atoms with Crippen molar-refractivity contribution in [3.8, 4) is 0 Å². The fourth-order valence-corrected chi connectivity index (χ4v) is 4.01. The summed E-state index contributed by atoms with van der Waals surface area (Å²) in [4.78, 5) is 15.5. The Morgan fingerprint density at radius 3 is 2.31 bits per heavy atom. The SMILES string of the molecule is CCCCCN(Cc1cccn1Cc1ccccc1C)C(=O)c1ccc(C(C)(C)C)cc1. The van der Waals surface area contributed by atoms with Crippen LogP contribution in [0.2, 0.25) is 0 Å². The van der Waals surface area contributed by atoms with E-state index >= 15 is 0 Å². The molecule has 32 heavy (non-hydrogen) atoms. The van der Waals surface area contributed by atoms with Crippen LogP contribution >= 0.6 is 0 Å². The second-order valence-corrected chi connectivity index (χ2v) is 9.82. The van der Waals surface area contributed by atoms with Crippen molar-refractivity contribution in [2.75, 3.05) is 6.54 Å². The summed E-state index contributed by atoms with van der Waals surface area (Å²) in [5.41, 5.74) is 5.88. The number of carbonyl (C=O) groups is 1. The van der Waals surface area contributed by atoms with Gasteiger partial charge in [0.2, 0.25) is 0 Å². The van der Waals surface area contributed by atoms with E-state index in [0.29, 0.717) is 6.54 Å². The van der Waals surface area contributed by atoms with Crippen LogP contribution in [-0.2, 0) is 18.5 Å².